The molecule has 2 atom stereocenters. The quantitative estimate of drug-likeness (QED) is 0.778. The zero-order chi connectivity index (χ0) is 20.1. The van der Waals surface area contributed by atoms with Crippen LogP contribution < -0.4 is 10.6 Å². The molecule has 2 aromatic rings. The summed E-state index contributed by atoms with van der Waals surface area (Å²) in [6.07, 6.45) is 1.29. The van der Waals surface area contributed by atoms with Crippen molar-refractivity contribution in [2.75, 3.05) is 18.4 Å². The predicted molar refractivity (Wildman–Crippen MR) is 112 cm³/mol. The van der Waals surface area contributed by atoms with Crippen LogP contribution in [-0.4, -0.2) is 34.8 Å². The van der Waals surface area contributed by atoms with Crippen molar-refractivity contribution in [2.45, 2.75) is 40.3 Å². The molecule has 1 aliphatic heterocycles. The molecular formula is C21H28N4O2S. The van der Waals surface area contributed by atoms with Gasteiger partial charge in [-0.25, -0.2) is 4.98 Å². The third kappa shape index (κ3) is 5.87. The van der Waals surface area contributed by atoms with Crippen LogP contribution in [0.5, 0.6) is 0 Å². The molecule has 2 unspecified atom stereocenters. The Balaban J connectivity index is 1.58. The van der Waals surface area contributed by atoms with Crippen LogP contribution in [0.3, 0.4) is 0 Å². The number of nitrogens with zero attached hydrogens (tertiary/aromatic N) is 2. The standard InChI is InChI=1S/C21H28N4O2S/c1-14-7-15(2)11-25(10-14)12-19-13-28-21(23-19)24-20(27)18-6-4-5-17(8-18)9-22-16(3)26/h4-6,8,13-15H,7,9-12H2,1-3H3,(H,22,26)(H,23,24,27). The molecule has 7 heteroatoms. The maximum Gasteiger partial charge on any atom is 0.257 e. The van der Waals surface area contributed by atoms with E-state index in [1.54, 1.807) is 12.1 Å². The van der Waals surface area contributed by atoms with E-state index in [4.69, 9.17) is 0 Å². The van der Waals surface area contributed by atoms with Crippen molar-refractivity contribution in [3.8, 4) is 0 Å². The number of carbonyl (C=O) groups excluding carboxylic acids is 2. The summed E-state index contributed by atoms with van der Waals surface area (Å²) in [5.41, 5.74) is 2.44. The second kappa shape index (κ2) is 9.30. The summed E-state index contributed by atoms with van der Waals surface area (Å²) in [6, 6.07) is 7.25. The number of hydrogen-bond donors (Lipinski definition) is 2. The van der Waals surface area contributed by atoms with E-state index < -0.39 is 0 Å². The SMILES string of the molecule is CC(=O)NCc1cccc(C(=O)Nc2nc(CN3CC(C)CC(C)C3)cs2)c1. The molecule has 150 valence electrons. The van der Waals surface area contributed by atoms with Gasteiger partial charge in [0.1, 0.15) is 0 Å². The lowest BCUT2D eigenvalue weighted by atomic mass is 9.92. The van der Waals surface area contributed by atoms with Gasteiger partial charge >= 0.3 is 0 Å². The van der Waals surface area contributed by atoms with E-state index in [9.17, 15) is 9.59 Å². The second-order valence-corrected chi connectivity index (χ2v) is 8.71. The number of piperidine rings is 1. The van der Waals surface area contributed by atoms with Gasteiger partial charge in [0.2, 0.25) is 5.91 Å². The first-order chi connectivity index (χ1) is 13.4. The van der Waals surface area contributed by atoms with Gasteiger partial charge in [-0.15, -0.1) is 11.3 Å². The topological polar surface area (TPSA) is 74.3 Å². The summed E-state index contributed by atoms with van der Waals surface area (Å²) in [5, 5.41) is 8.27. The summed E-state index contributed by atoms with van der Waals surface area (Å²) in [7, 11) is 0. The highest BCUT2D eigenvalue weighted by molar-refractivity contribution is 7.13. The van der Waals surface area contributed by atoms with E-state index in [1.807, 2.05) is 17.5 Å². The number of aromatic nitrogens is 1. The second-order valence-electron chi connectivity index (χ2n) is 7.85. The number of rotatable bonds is 6. The van der Waals surface area contributed by atoms with Gasteiger partial charge < -0.3 is 5.32 Å². The first-order valence-corrected chi connectivity index (χ1v) is 10.6. The normalized spacial score (nSPS) is 20.0. The van der Waals surface area contributed by atoms with Crippen molar-refractivity contribution in [3.05, 3.63) is 46.5 Å². The van der Waals surface area contributed by atoms with Gasteiger partial charge in [-0.3, -0.25) is 19.8 Å². The molecule has 2 N–H and O–H groups in total. The van der Waals surface area contributed by atoms with Crippen LogP contribution in [0.15, 0.2) is 29.6 Å². The van der Waals surface area contributed by atoms with E-state index in [0.717, 1.165) is 30.9 Å². The minimum Gasteiger partial charge on any atom is -0.352 e. The van der Waals surface area contributed by atoms with Crippen molar-refractivity contribution in [1.29, 1.82) is 0 Å². The van der Waals surface area contributed by atoms with Crippen LogP contribution >= 0.6 is 11.3 Å². The van der Waals surface area contributed by atoms with Gasteiger partial charge in [0.25, 0.3) is 5.91 Å². The van der Waals surface area contributed by atoms with Crippen molar-refractivity contribution < 1.29 is 9.59 Å². The summed E-state index contributed by atoms with van der Waals surface area (Å²) in [5.74, 6) is 1.14. The summed E-state index contributed by atoms with van der Waals surface area (Å²) >= 11 is 1.45. The molecular weight excluding hydrogens is 372 g/mol. The molecule has 1 aromatic heterocycles. The van der Waals surface area contributed by atoms with Gasteiger partial charge in [-0.2, -0.15) is 0 Å². The van der Waals surface area contributed by atoms with Crippen LogP contribution in [0.1, 0.15) is 48.8 Å². The van der Waals surface area contributed by atoms with Crippen molar-refractivity contribution >= 4 is 28.3 Å². The van der Waals surface area contributed by atoms with Gasteiger partial charge in [0.05, 0.1) is 5.69 Å². The number of likely N-dealkylation sites (tertiary alicyclic amines) is 1. The molecule has 0 bridgehead atoms. The number of thiazole rings is 1. The minimum atomic E-state index is -0.189. The molecule has 1 saturated heterocycles. The lowest BCUT2D eigenvalue weighted by Gasteiger charge is -2.34. The number of anilines is 1. The molecule has 28 heavy (non-hydrogen) atoms. The number of hydrogen-bond acceptors (Lipinski definition) is 5. The molecule has 6 nitrogen and oxygen atoms in total. The fourth-order valence-corrected chi connectivity index (χ4v) is 4.50. The van der Waals surface area contributed by atoms with E-state index in [2.05, 4.69) is 34.4 Å². The Hall–Kier alpha value is -2.25. The maximum atomic E-state index is 12.5. The van der Waals surface area contributed by atoms with Gasteiger partial charge in [-0.05, 0) is 36.0 Å². The van der Waals surface area contributed by atoms with Gasteiger partial charge in [0.15, 0.2) is 5.13 Å². The highest BCUT2D eigenvalue weighted by Gasteiger charge is 2.22. The average Bonchev–Trinajstić information content (AvgIpc) is 3.06. The van der Waals surface area contributed by atoms with E-state index in [1.165, 1.54) is 24.7 Å². The molecule has 1 aromatic carbocycles. The zero-order valence-corrected chi connectivity index (χ0v) is 17.5. The lowest BCUT2D eigenvalue weighted by Crippen LogP contribution is -2.38. The smallest absolute Gasteiger partial charge is 0.257 e. The van der Waals surface area contributed by atoms with Gasteiger partial charge in [0, 0.05) is 44.0 Å². The van der Waals surface area contributed by atoms with Crippen LogP contribution in [-0.2, 0) is 17.9 Å². The highest BCUT2D eigenvalue weighted by Crippen LogP contribution is 2.24. The van der Waals surface area contributed by atoms with Crippen LogP contribution in [0.25, 0.3) is 0 Å². The Labute approximate surface area is 170 Å². The first-order valence-electron chi connectivity index (χ1n) is 9.70. The number of amides is 2. The molecule has 0 radical (unpaired) electrons. The Morgan fingerprint density at radius 2 is 2.00 bits per heavy atom. The third-order valence-corrected chi connectivity index (χ3v) is 5.64. The average molecular weight is 401 g/mol. The molecule has 0 spiro atoms. The molecule has 1 aliphatic rings. The van der Waals surface area contributed by atoms with Gasteiger partial charge in [-0.1, -0.05) is 26.0 Å². The van der Waals surface area contributed by atoms with Crippen molar-refractivity contribution in [1.82, 2.24) is 15.2 Å². The number of nitrogens with one attached hydrogen (secondary N) is 2. The Kier molecular flexibility index (Phi) is 6.80. The van der Waals surface area contributed by atoms with Crippen LogP contribution in [0.4, 0.5) is 5.13 Å². The highest BCUT2D eigenvalue weighted by atomic mass is 32.1. The molecule has 1 fully saturated rings. The molecule has 2 amide bonds. The minimum absolute atomic E-state index is 0.0948. The number of carbonyl (C=O) groups is 2. The van der Waals surface area contributed by atoms with E-state index in [0.29, 0.717) is 29.1 Å². The lowest BCUT2D eigenvalue weighted by molar-refractivity contribution is -0.119. The number of benzene rings is 1. The molecule has 0 saturated carbocycles. The maximum absolute atomic E-state index is 12.5. The Bertz CT molecular complexity index is 825. The van der Waals surface area contributed by atoms with Crippen molar-refractivity contribution in [3.63, 3.8) is 0 Å². The van der Waals surface area contributed by atoms with Crippen LogP contribution in [0.2, 0.25) is 0 Å². The summed E-state index contributed by atoms with van der Waals surface area (Å²) in [6.45, 7) is 9.51. The first kappa shape index (κ1) is 20.5. The zero-order valence-electron chi connectivity index (χ0n) is 16.7. The van der Waals surface area contributed by atoms with E-state index in [-0.39, 0.29) is 11.8 Å². The molecule has 2 heterocycles. The Morgan fingerprint density at radius 3 is 2.71 bits per heavy atom. The largest absolute Gasteiger partial charge is 0.352 e. The fraction of sp³-hybridized carbons (Fsp3) is 0.476. The third-order valence-electron chi connectivity index (χ3n) is 4.83. The van der Waals surface area contributed by atoms with E-state index >= 15 is 0 Å². The molecule has 3 rings (SSSR count). The van der Waals surface area contributed by atoms with Crippen molar-refractivity contribution in [2.24, 2.45) is 11.8 Å². The van der Waals surface area contributed by atoms with Crippen LogP contribution in [0, 0.1) is 11.8 Å². The molecule has 0 aliphatic carbocycles. The Morgan fingerprint density at radius 1 is 1.25 bits per heavy atom. The monoisotopic (exact) mass is 400 g/mol. The summed E-state index contributed by atoms with van der Waals surface area (Å²) in [4.78, 5) is 30.6. The predicted octanol–water partition coefficient (Wildman–Crippen LogP) is 3.51. The summed E-state index contributed by atoms with van der Waals surface area (Å²) < 4.78 is 0. The fourth-order valence-electron chi connectivity index (χ4n) is 3.81.